The van der Waals surface area contributed by atoms with Crippen LogP contribution in [0.25, 0.3) is 11.1 Å². The zero-order valence-corrected chi connectivity index (χ0v) is 24.6. The van der Waals surface area contributed by atoms with E-state index >= 15 is 0 Å². The minimum absolute atomic E-state index is 0.261. The third kappa shape index (κ3) is 6.19. The summed E-state index contributed by atoms with van der Waals surface area (Å²) in [4.78, 5) is 0.523. The van der Waals surface area contributed by atoms with E-state index in [2.05, 4.69) is 10.2 Å². The van der Waals surface area contributed by atoms with Crippen LogP contribution < -0.4 is 0 Å². The lowest BCUT2D eigenvalue weighted by Gasteiger charge is -2.26. The van der Waals surface area contributed by atoms with E-state index in [-0.39, 0.29) is 9.79 Å². The quantitative estimate of drug-likeness (QED) is 0.280. The predicted molar refractivity (Wildman–Crippen MR) is 154 cm³/mol. The molecule has 42 heavy (non-hydrogen) atoms. The standard InChI is InChI=1S/C28H32N6O6S2/c35-41(36,33-7-11-39-12-8-33)27-5-1-3-23(15-27)19-31-21-25(17-29-31)26-18-30-32(22-26)20-24-4-2-6-28(16-24)42(37,38)34-9-13-40-14-10-34/h1-6,15-18,21-22H,7-14,19-20H2. The highest BCUT2D eigenvalue weighted by molar-refractivity contribution is 7.89. The molecule has 2 aromatic carbocycles. The Morgan fingerprint density at radius 3 is 1.43 bits per heavy atom. The van der Waals surface area contributed by atoms with E-state index in [4.69, 9.17) is 9.47 Å². The van der Waals surface area contributed by atoms with Gasteiger partial charge in [-0.1, -0.05) is 24.3 Å². The smallest absolute Gasteiger partial charge is 0.243 e. The van der Waals surface area contributed by atoms with Gasteiger partial charge in [-0.2, -0.15) is 18.8 Å². The van der Waals surface area contributed by atoms with Crippen LogP contribution in [-0.2, 0) is 42.6 Å². The number of hydrogen-bond donors (Lipinski definition) is 0. The first-order chi connectivity index (χ1) is 20.3. The van der Waals surface area contributed by atoms with E-state index in [1.54, 1.807) is 58.2 Å². The number of rotatable bonds is 9. The SMILES string of the molecule is O=S(=O)(c1cccc(Cn2cc(-c3cnn(Cc4cccc(S(=O)(=O)N5CCOCC5)c4)c3)cn2)c1)N1CCOCC1. The summed E-state index contributed by atoms with van der Waals surface area (Å²) in [7, 11) is -7.17. The average Bonchev–Trinajstić information content (AvgIpc) is 3.68. The molecule has 6 rings (SSSR count). The monoisotopic (exact) mass is 612 g/mol. The largest absolute Gasteiger partial charge is 0.379 e. The molecular weight excluding hydrogens is 580 g/mol. The highest BCUT2D eigenvalue weighted by atomic mass is 32.2. The molecule has 14 heteroatoms. The molecule has 0 bridgehead atoms. The molecule has 12 nitrogen and oxygen atoms in total. The van der Waals surface area contributed by atoms with Crippen LogP contribution in [0, 0.1) is 0 Å². The summed E-state index contributed by atoms with van der Waals surface area (Å²) in [5.74, 6) is 0. The van der Waals surface area contributed by atoms with Crippen molar-refractivity contribution in [2.24, 2.45) is 0 Å². The van der Waals surface area contributed by atoms with Crippen molar-refractivity contribution < 1.29 is 26.3 Å². The molecule has 0 amide bonds. The van der Waals surface area contributed by atoms with Crippen molar-refractivity contribution in [3.8, 4) is 11.1 Å². The molecule has 222 valence electrons. The summed E-state index contributed by atoms with van der Waals surface area (Å²) in [6, 6.07) is 13.9. The van der Waals surface area contributed by atoms with Gasteiger partial charge in [0.15, 0.2) is 0 Å². The van der Waals surface area contributed by atoms with Crippen molar-refractivity contribution in [1.82, 2.24) is 28.2 Å². The minimum Gasteiger partial charge on any atom is -0.379 e. The normalized spacial score (nSPS) is 17.4. The van der Waals surface area contributed by atoms with Crippen LogP contribution in [0.5, 0.6) is 0 Å². The third-order valence-electron chi connectivity index (χ3n) is 7.30. The molecule has 0 saturated carbocycles. The Morgan fingerprint density at radius 2 is 1.02 bits per heavy atom. The van der Waals surface area contributed by atoms with Crippen molar-refractivity contribution in [3.05, 3.63) is 84.4 Å². The van der Waals surface area contributed by atoms with Gasteiger partial charge in [0, 0.05) is 49.7 Å². The zero-order chi connectivity index (χ0) is 29.2. The first-order valence-electron chi connectivity index (χ1n) is 13.7. The van der Waals surface area contributed by atoms with E-state index in [0.717, 1.165) is 22.3 Å². The van der Waals surface area contributed by atoms with Gasteiger partial charge in [-0.15, -0.1) is 0 Å². The number of hydrogen-bond acceptors (Lipinski definition) is 8. The molecular formula is C28H32N6O6S2. The lowest BCUT2D eigenvalue weighted by Crippen LogP contribution is -2.40. The van der Waals surface area contributed by atoms with Crippen molar-refractivity contribution in [2.45, 2.75) is 22.9 Å². The molecule has 0 radical (unpaired) electrons. The van der Waals surface area contributed by atoms with Gasteiger partial charge in [0.2, 0.25) is 20.0 Å². The molecule has 2 aromatic heterocycles. The molecule has 2 aliphatic heterocycles. The van der Waals surface area contributed by atoms with Crippen molar-refractivity contribution >= 4 is 20.0 Å². The van der Waals surface area contributed by atoms with Crippen LogP contribution in [0.2, 0.25) is 0 Å². The number of benzene rings is 2. The summed E-state index contributed by atoms with van der Waals surface area (Å²) in [5.41, 5.74) is 3.37. The van der Waals surface area contributed by atoms with Crippen LogP contribution in [0.1, 0.15) is 11.1 Å². The van der Waals surface area contributed by atoms with E-state index in [1.807, 2.05) is 24.5 Å². The number of sulfonamides is 2. The third-order valence-corrected chi connectivity index (χ3v) is 11.1. The first-order valence-corrected chi connectivity index (χ1v) is 16.6. The Labute approximate surface area is 245 Å². The van der Waals surface area contributed by atoms with Crippen molar-refractivity contribution in [2.75, 3.05) is 52.6 Å². The predicted octanol–water partition coefficient (Wildman–Crippen LogP) is 1.88. The molecule has 2 saturated heterocycles. The van der Waals surface area contributed by atoms with Gasteiger partial charge in [-0.05, 0) is 35.4 Å². The molecule has 2 aliphatic rings. The van der Waals surface area contributed by atoms with E-state index in [1.165, 1.54) is 8.61 Å². The fourth-order valence-electron chi connectivity index (χ4n) is 5.05. The number of nitrogens with zero attached hydrogens (tertiary/aromatic N) is 6. The summed E-state index contributed by atoms with van der Waals surface area (Å²) >= 11 is 0. The Hall–Kier alpha value is -3.40. The highest BCUT2D eigenvalue weighted by Gasteiger charge is 2.27. The van der Waals surface area contributed by atoms with Gasteiger partial charge in [0.1, 0.15) is 0 Å². The lowest BCUT2D eigenvalue weighted by atomic mass is 10.2. The zero-order valence-electron chi connectivity index (χ0n) is 22.9. The Bertz CT molecular complexity index is 1630. The Balaban J connectivity index is 1.13. The highest BCUT2D eigenvalue weighted by Crippen LogP contribution is 2.22. The second-order valence-corrected chi connectivity index (χ2v) is 14.1. The maximum Gasteiger partial charge on any atom is 0.243 e. The van der Waals surface area contributed by atoms with Gasteiger partial charge in [-0.25, -0.2) is 16.8 Å². The summed E-state index contributed by atoms with van der Waals surface area (Å²) < 4.78 is 69.2. The van der Waals surface area contributed by atoms with Crippen LogP contribution in [-0.4, -0.2) is 97.6 Å². The molecule has 2 fully saturated rings. The van der Waals surface area contributed by atoms with E-state index < -0.39 is 20.0 Å². The number of ether oxygens (including phenoxy) is 2. The molecule has 4 heterocycles. The molecule has 0 aliphatic carbocycles. The summed E-state index contributed by atoms with van der Waals surface area (Å²) in [6.07, 6.45) is 7.26. The summed E-state index contributed by atoms with van der Waals surface area (Å²) in [5, 5.41) is 8.94. The molecule has 4 aromatic rings. The summed E-state index contributed by atoms with van der Waals surface area (Å²) in [6.45, 7) is 3.80. The fraction of sp³-hybridized carbons (Fsp3) is 0.357. The molecule has 0 spiro atoms. The van der Waals surface area contributed by atoms with E-state index in [9.17, 15) is 16.8 Å². The van der Waals surface area contributed by atoms with Crippen LogP contribution in [0.15, 0.2) is 83.1 Å². The van der Waals surface area contributed by atoms with Crippen LogP contribution in [0.3, 0.4) is 0 Å². The maximum atomic E-state index is 13.1. The molecule has 0 unspecified atom stereocenters. The molecule has 0 atom stereocenters. The minimum atomic E-state index is -3.58. The first kappa shape index (κ1) is 28.7. The van der Waals surface area contributed by atoms with Gasteiger partial charge in [-0.3, -0.25) is 9.36 Å². The average molecular weight is 613 g/mol. The lowest BCUT2D eigenvalue weighted by molar-refractivity contribution is 0.0730. The fourth-order valence-corrected chi connectivity index (χ4v) is 8.01. The van der Waals surface area contributed by atoms with Gasteiger partial charge in [0.05, 0.1) is 61.7 Å². The van der Waals surface area contributed by atoms with Crippen LogP contribution in [0.4, 0.5) is 0 Å². The Kier molecular flexibility index (Phi) is 8.25. The number of morpholine rings is 2. The van der Waals surface area contributed by atoms with Gasteiger partial charge in [0.25, 0.3) is 0 Å². The Morgan fingerprint density at radius 1 is 0.619 bits per heavy atom. The van der Waals surface area contributed by atoms with Crippen molar-refractivity contribution in [3.63, 3.8) is 0 Å². The van der Waals surface area contributed by atoms with Crippen molar-refractivity contribution in [1.29, 1.82) is 0 Å². The van der Waals surface area contributed by atoms with E-state index in [0.29, 0.717) is 65.7 Å². The van der Waals surface area contributed by atoms with Crippen LogP contribution >= 0.6 is 0 Å². The second kappa shape index (κ2) is 12.1. The van der Waals surface area contributed by atoms with Gasteiger partial charge < -0.3 is 9.47 Å². The number of aromatic nitrogens is 4. The maximum absolute atomic E-state index is 13.1. The topological polar surface area (TPSA) is 129 Å². The second-order valence-electron chi connectivity index (χ2n) is 10.2. The van der Waals surface area contributed by atoms with Gasteiger partial charge >= 0.3 is 0 Å². The molecule has 0 N–H and O–H groups in total.